The van der Waals surface area contributed by atoms with Crippen LogP contribution in [0.2, 0.25) is 0 Å². The molecule has 0 saturated carbocycles. The van der Waals surface area contributed by atoms with E-state index in [9.17, 15) is 15.2 Å². The molecule has 3 rings (SSSR count). The Morgan fingerprint density at radius 3 is 3.17 bits per heavy atom. The second kappa shape index (κ2) is 7.80. The second-order valence-corrected chi connectivity index (χ2v) is 6.82. The first-order valence-corrected chi connectivity index (χ1v) is 8.62. The number of rotatable bonds is 7. The van der Waals surface area contributed by atoms with Gasteiger partial charge >= 0.3 is 0 Å². The predicted octanol–water partition coefficient (Wildman–Crippen LogP) is 1.99. The summed E-state index contributed by atoms with van der Waals surface area (Å²) >= 11 is 1.63. The standard InChI is InChI=1S/C16H19N3O4S/c20-14(10-23-11-15-2-1-5-24-15)9-18-4-3-16-12(8-18)6-13(7-17-16)19(21)22/h1-2,5-7,14,20H,3-4,8-11H2. The average Bonchev–Trinajstić information content (AvgIpc) is 3.07. The molecule has 0 spiro atoms. The van der Waals surface area contributed by atoms with Crippen molar-refractivity contribution in [2.45, 2.75) is 25.7 Å². The van der Waals surface area contributed by atoms with Gasteiger partial charge in [-0.25, -0.2) is 0 Å². The van der Waals surface area contributed by atoms with E-state index < -0.39 is 11.0 Å². The number of aliphatic hydroxyl groups excluding tert-OH is 1. The molecule has 0 radical (unpaired) electrons. The van der Waals surface area contributed by atoms with E-state index in [0.29, 0.717) is 19.7 Å². The van der Waals surface area contributed by atoms with Gasteiger partial charge in [-0.15, -0.1) is 11.3 Å². The van der Waals surface area contributed by atoms with E-state index in [1.165, 1.54) is 6.20 Å². The maximum absolute atomic E-state index is 10.9. The highest BCUT2D eigenvalue weighted by Crippen LogP contribution is 2.21. The molecule has 1 N–H and O–H groups in total. The summed E-state index contributed by atoms with van der Waals surface area (Å²) in [7, 11) is 0. The zero-order valence-corrected chi connectivity index (χ0v) is 13.9. The van der Waals surface area contributed by atoms with Gasteiger partial charge in [0.1, 0.15) is 6.20 Å². The number of β-amino-alcohol motifs (C(OH)–C–C–N with tert-alkyl or cyclic N) is 1. The van der Waals surface area contributed by atoms with Gasteiger partial charge in [0.15, 0.2) is 0 Å². The van der Waals surface area contributed by atoms with Crippen molar-refractivity contribution in [1.82, 2.24) is 9.88 Å². The lowest BCUT2D eigenvalue weighted by Crippen LogP contribution is -2.38. The highest BCUT2D eigenvalue weighted by molar-refractivity contribution is 7.09. The van der Waals surface area contributed by atoms with E-state index in [4.69, 9.17) is 4.74 Å². The molecule has 2 aromatic heterocycles. The van der Waals surface area contributed by atoms with Gasteiger partial charge in [-0.3, -0.25) is 20.0 Å². The van der Waals surface area contributed by atoms with E-state index in [0.717, 1.165) is 29.1 Å². The van der Waals surface area contributed by atoms with Gasteiger partial charge in [0.25, 0.3) is 5.69 Å². The summed E-state index contributed by atoms with van der Waals surface area (Å²) in [4.78, 5) is 17.8. The van der Waals surface area contributed by atoms with Crippen LogP contribution in [0.15, 0.2) is 29.8 Å². The van der Waals surface area contributed by atoms with E-state index in [1.807, 2.05) is 17.5 Å². The molecule has 24 heavy (non-hydrogen) atoms. The summed E-state index contributed by atoms with van der Waals surface area (Å²) in [5.74, 6) is 0. The van der Waals surface area contributed by atoms with Crippen LogP contribution < -0.4 is 0 Å². The average molecular weight is 349 g/mol. The number of pyridine rings is 1. The van der Waals surface area contributed by atoms with Gasteiger partial charge in [0, 0.05) is 42.7 Å². The number of nitro groups is 1. The maximum Gasteiger partial charge on any atom is 0.287 e. The fourth-order valence-corrected chi connectivity index (χ4v) is 3.41. The van der Waals surface area contributed by atoms with Crippen LogP contribution in [0.1, 0.15) is 16.1 Å². The molecule has 1 aliphatic heterocycles. The third-order valence-electron chi connectivity index (χ3n) is 3.92. The van der Waals surface area contributed by atoms with Crippen molar-refractivity contribution in [3.8, 4) is 0 Å². The molecular formula is C16H19N3O4S. The molecule has 0 bridgehead atoms. The third-order valence-corrected chi connectivity index (χ3v) is 4.77. The number of hydrogen-bond donors (Lipinski definition) is 1. The van der Waals surface area contributed by atoms with E-state index >= 15 is 0 Å². The van der Waals surface area contributed by atoms with Gasteiger partial charge in [-0.1, -0.05) is 6.07 Å². The van der Waals surface area contributed by atoms with Gasteiger partial charge in [0.05, 0.1) is 24.2 Å². The summed E-state index contributed by atoms with van der Waals surface area (Å²) in [6.07, 6.45) is 1.45. The lowest BCUT2D eigenvalue weighted by atomic mass is 10.0. The number of nitrogens with zero attached hydrogens (tertiary/aromatic N) is 3. The van der Waals surface area contributed by atoms with Crippen LogP contribution in [0.25, 0.3) is 0 Å². The molecule has 3 heterocycles. The topological polar surface area (TPSA) is 88.7 Å². The summed E-state index contributed by atoms with van der Waals surface area (Å²) in [5, 5.41) is 23.0. The van der Waals surface area contributed by atoms with E-state index in [2.05, 4.69) is 9.88 Å². The summed E-state index contributed by atoms with van der Waals surface area (Å²) in [6.45, 7) is 2.60. The molecule has 7 nitrogen and oxygen atoms in total. The molecule has 128 valence electrons. The molecule has 0 aliphatic carbocycles. The van der Waals surface area contributed by atoms with Crippen molar-refractivity contribution < 1.29 is 14.8 Å². The molecule has 1 aliphatic rings. The number of aromatic nitrogens is 1. The first-order chi connectivity index (χ1) is 11.6. The summed E-state index contributed by atoms with van der Waals surface area (Å²) < 4.78 is 5.53. The Morgan fingerprint density at radius 2 is 2.42 bits per heavy atom. The Morgan fingerprint density at radius 1 is 1.54 bits per heavy atom. The van der Waals surface area contributed by atoms with Gasteiger partial charge in [-0.05, 0) is 17.0 Å². The van der Waals surface area contributed by atoms with Crippen molar-refractivity contribution in [1.29, 1.82) is 0 Å². The van der Waals surface area contributed by atoms with Crippen LogP contribution in [0.4, 0.5) is 5.69 Å². The van der Waals surface area contributed by atoms with Crippen molar-refractivity contribution in [3.05, 3.63) is 56.0 Å². The molecule has 1 atom stereocenters. The quantitative estimate of drug-likeness (QED) is 0.607. The van der Waals surface area contributed by atoms with Gasteiger partial charge in [-0.2, -0.15) is 0 Å². The minimum absolute atomic E-state index is 0.00966. The number of fused-ring (bicyclic) bond motifs is 1. The van der Waals surface area contributed by atoms with Crippen LogP contribution in [-0.4, -0.2) is 45.7 Å². The highest BCUT2D eigenvalue weighted by atomic mass is 32.1. The largest absolute Gasteiger partial charge is 0.389 e. The van der Waals surface area contributed by atoms with Crippen LogP contribution in [0.5, 0.6) is 0 Å². The lowest BCUT2D eigenvalue weighted by molar-refractivity contribution is -0.385. The van der Waals surface area contributed by atoms with Crippen LogP contribution in [0.3, 0.4) is 0 Å². The van der Waals surface area contributed by atoms with E-state index in [-0.39, 0.29) is 12.3 Å². The number of hydrogen-bond acceptors (Lipinski definition) is 7. The second-order valence-electron chi connectivity index (χ2n) is 5.79. The number of aliphatic hydroxyl groups is 1. The summed E-state index contributed by atoms with van der Waals surface area (Å²) in [6, 6.07) is 5.55. The normalized spacial score (nSPS) is 15.9. The van der Waals surface area contributed by atoms with Gasteiger partial charge < -0.3 is 9.84 Å². The van der Waals surface area contributed by atoms with Crippen molar-refractivity contribution in [3.63, 3.8) is 0 Å². The first kappa shape index (κ1) is 17.0. The van der Waals surface area contributed by atoms with E-state index in [1.54, 1.807) is 17.4 Å². The fourth-order valence-electron chi connectivity index (χ4n) is 2.77. The molecule has 8 heteroatoms. The van der Waals surface area contributed by atoms with Crippen LogP contribution in [-0.2, 0) is 24.3 Å². The molecule has 1 unspecified atom stereocenters. The van der Waals surface area contributed by atoms with Crippen molar-refractivity contribution in [2.75, 3.05) is 19.7 Å². The van der Waals surface area contributed by atoms with Crippen LogP contribution in [0, 0.1) is 10.1 Å². The third kappa shape index (κ3) is 4.35. The summed E-state index contributed by atoms with van der Waals surface area (Å²) in [5.41, 5.74) is 1.78. The Kier molecular flexibility index (Phi) is 5.52. The van der Waals surface area contributed by atoms with Crippen molar-refractivity contribution in [2.24, 2.45) is 0 Å². The minimum Gasteiger partial charge on any atom is -0.389 e. The first-order valence-electron chi connectivity index (χ1n) is 7.74. The Hall–Kier alpha value is -1.87. The molecule has 0 saturated heterocycles. The zero-order valence-electron chi connectivity index (χ0n) is 13.1. The Balaban J connectivity index is 1.49. The van der Waals surface area contributed by atoms with Crippen LogP contribution >= 0.6 is 11.3 Å². The predicted molar refractivity (Wildman–Crippen MR) is 89.9 cm³/mol. The number of thiophene rings is 1. The monoisotopic (exact) mass is 349 g/mol. The smallest absolute Gasteiger partial charge is 0.287 e. The lowest BCUT2D eigenvalue weighted by Gasteiger charge is -2.29. The molecule has 0 fully saturated rings. The minimum atomic E-state index is -0.585. The highest BCUT2D eigenvalue weighted by Gasteiger charge is 2.22. The SMILES string of the molecule is O=[N+]([O-])c1cnc2c(c1)CN(CC(O)COCc1cccs1)CC2. The number of ether oxygens (including phenoxy) is 1. The van der Waals surface area contributed by atoms with Crippen molar-refractivity contribution >= 4 is 17.0 Å². The molecule has 0 aromatic carbocycles. The fraction of sp³-hybridized carbons (Fsp3) is 0.438. The molecule has 2 aromatic rings. The molecule has 0 amide bonds. The maximum atomic E-state index is 10.9. The Labute approximate surface area is 143 Å². The zero-order chi connectivity index (χ0) is 16.9. The molecular weight excluding hydrogens is 330 g/mol. The Bertz CT molecular complexity index is 693. The van der Waals surface area contributed by atoms with Gasteiger partial charge in [0.2, 0.25) is 0 Å².